The van der Waals surface area contributed by atoms with Crippen molar-refractivity contribution < 1.29 is 4.74 Å². The lowest BCUT2D eigenvalue weighted by atomic mass is 10.0. The van der Waals surface area contributed by atoms with Crippen LogP contribution in [-0.2, 0) is 13.0 Å². The van der Waals surface area contributed by atoms with Gasteiger partial charge in [-0.2, -0.15) is 5.26 Å². The van der Waals surface area contributed by atoms with Gasteiger partial charge in [0.1, 0.15) is 11.8 Å². The van der Waals surface area contributed by atoms with Crippen molar-refractivity contribution in [3.8, 4) is 17.7 Å². The molecule has 0 radical (unpaired) electrons. The van der Waals surface area contributed by atoms with Crippen molar-refractivity contribution in [2.24, 2.45) is 0 Å². The highest BCUT2D eigenvalue weighted by molar-refractivity contribution is 5.43. The number of pyridine rings is 1. The Hall–Kier alpha value is -3.16. The molecule has 0 spiro atoms. The average Bonchev–Trinajstić information content (AvgIpc) is 2.70. The van der Waals surface area contributed by atoms with Crippen LogP contribution < -0.4 is 10.1 Å². The SMILES string of the molecule is Cc1cc(Oc2ccc(C#N)cn2)c(C)cc1CNCCc1ccccc1. The molecule has 0 saturated carbocycles. The van der Waals surface area contributed by atoms with Crippen LogP contribution in [0.2, 0.25) is 0 Å². The molecule has 0 amide bonds. The molecule has 0 saturated heterocycles. The van der Waals surface area contributed by atoms with Gasteiger partial charge in [0.25, 0.3) is 0 Å². The summed E-state index contributed by atoms with van der Waals surface area (Å²) in [5.41, 5.74) is 5.37. The summed E-state index contributed by atoms with van der Waals surface area (Å²) in [5.74, 6) is 1.28. The number of nitriles is 1. The number of aromatic nitrogens is 1. The maximum absolute atomic E-state index is 8.85. The fraction of sp³-hybridized carbons (Fsp3) is 0.217. The molecule has 0 aliphatic rings. The van der Waals surface area contributed by atoms with Gasteiger partial charge in [-0.15, -0.1) is 0 Å². The lowest BCUT2D eigenvalue weighted by Gasteiger charge is -2.13. The molecule has 0 fully saturated rings. The zero-order valence-electron chi connectivity index (χ0n) is 15.7. The molecule has 0 bridgehead atoms. The van der Waals surface area contributed by atoms with Gasteiger partial charge in [0, 0.05) is 18.8 Å². The Balaban J connectivity index is 1.59. The highest BCUT2D eigenvalue weighted by Crippen LogP contribution is 2.27. The number of nitrogens with zero attached hydrogens (tertiary/aromatic N) is 2. The summed E-state index contributed by atoms with van der Waals surface area (Å²) in [7, 11) is 0. The number of aryl methyl sites for hydroxylation is 2. The summed E-state index contributed by atoms with van der Waals surface area (Å²) >= 11 is 0. The second-order valence-electron chi connectivity index (χ2n) is 6.56. The van der Waals surface area contributed by atoms with Gasteiger partial charge in [-0.25, -0.2) is 4.98 Å². The molecule has 1 N–H and O–H groups in total. The molecule has 0 aliphatic heterocycles. The van der Waals surface area contributed by atoms with Gasteiger partial charge in [-0.05, 0) is 61.2 Å². The predicted octanol–water partition coefficient (Wildman–Crippen LogP) is 4.69. The van der Waals surface area contributed by atoms with E-state index in [-0.39, 0.29) is 0 Å². The van der Waals surface area contributed by atoms with Gasteiger partial charge in [0.2, 0.25) is 5.88 Å². The maximum Gasteiger partial charge on any atom is 0.219 e. The highest BCUT2D eigenvalue weighted by Gasteiger charge is 2.08. The molecule has 1 aromatic heterocycles. The molecule has 0 aliphatic carbocycles. The number of hydrogen-bond donors (Lipinski definition) is 1. The molecular formula is C23H23N3O. The second kappa shape index (κ2) is 8.98. The van der Waals surface area contributed by atoms with E-state index in [0.29, 0.717) is 11.4 Å². The van der Waals surface area contributed by atoms with Crippen LogP contribution in [0.15, 0.2) is 60.8 Å². The van der Waals surface area contributed by atoms with Crippen LogP contribution in [0, 0.1) is 25.2 Å². The van der Waals surface area contributed by atoms with Gasteiger partial charge in [-0.3, -0.25) is 0 Å². The number of benzene rings is 2. The van der Waals surface area contributed by atoms with Crippen LogP contribution in [-0.4, -0.2) is 11.5 Å². The highest BCUT2D eigenvalue weighted by atomic mass is 16.5. The molecule has 1 heterocycles. The zero-order valence-corrected chi connectivity index (χ0v) is 15.7. The largest absolute Gasteiger partial charge is 0.439 e. The monoisotopic (exact) mass is 357 g/mol. The van der Waals surface area contributed by atoms with Gasteiger partial charge < -0.3 is 10.1 Å². The van der Waals surface area contributed by atoms with Crippen molar-refractivity contribution in [1.29, 1.82) is 5.26 Å². The van der Waals surface area contributed by atoms with Crippen LogP contribution in [0.1, 0.15) is 27.8 Å². The van der Waals surface area contributed by atoms with Gasteiger partial charge in [0.05, 0.1) is 5.56 Å². The molecule has 0 unspecified atom stereocenters. The minimum absolute atomic E-state index is 0.491. The van der Waals surface area contributed by atoms with E-state index < -0.39 is 0 Å². The Morgan fingerprint density at radius 1 is 1.04 bits per heavy atom. The fourth-order valence-corrected chi connectivity index (χ4v) is 2.87. The van der Waals surface area contributed by atoms with Gasteiger partial charge in [0.15, 0.2) is 0 Å². The number of rotatable bonds is 7. The Kier molecular flexibility index (Phi) is 6.19. The van der Waals surface area contributed by atoms with Gasteiger partial charge >= 0.3 is 0 Å². The van der Waals surface area contributed by atoms with E-state index in [0.717, 1.165) is 30.8 Å². The number of hydrogen-bond acceptors (Lipinski definition) is 4. The summed E-state index contributed by atoms with van der Waals surface area (Å²) in [6.07, 6.45) is 2.53. The Bertz CT molecular complexity index is 928. The summed E-state index contributed by atoms with van der Waals surface area (Å²) in [5, 5.41) is 12.4. The topological polar surface area (TPSA) is 57.9 Å². The maximum atomic E-state index is 8.85. The van der Waals surface area contributed by atoms with E-state index in [2.05, 4.69) is 53.6 Å². The zero-order chi connectivity index (χ0) is 19.1. The first kappa shape index (κ1) is 18.6. The minimum Gasteiger partial charge on any atom is -0.439 e. The van der Waals surface area contributed by atoms with E-state index in [9.17, 15) is 0 Å². The first-order chi connectivity index (χ1) is 13.2. The van der Waals surface area contributed by atoms with E-state index in [1.54, 1.807) is 12.1 Å². The van der Waals surface area contributed by atoms with Crippen LogP contribution in [0.5, 0.6) is 11.6 Å². The first-order valence-corrected chi connectivity index (χ1v) is 9.04. The quantitative estimate of drug-likeness (QED) is 0.623. The summed E-state index contributed by atoms with van der Waals surface area (Å²) in [4.78, 5) is 4.17. The standard InChI is InChI=1S/C23H23N3O/c1-17-13-22(27-23-9-8-20(14-24)15-26-23)18(2)12-21(17)16-25-11-10-19-6-4-3-5-7-19/h3-9,12-13,15,25H,10-11,16H2,1-2H3. The molecular weight excluding hydrogens is 334 g/mol. The first-order valence-electron chi connectivity index (χ1n) is 9.04. The van der Waals surface area contributed by atoms with Crippen LogP contribution in [0.4, 0.5) is 0 Å². The predicted molar refractivity (Wildman–Crippen MR) is 107 cm³/mol. The lowest BCUT2D eigenvalue weighted by molar-refractivity contribution is 0.458. The van der Waals surface area contributed by atoms with Crippen molar-refractivity contribution in [2.45, 2.75) is 26.8 Å². The molecule has 3 rings (SSSR count). The van der Waals surface area contributed by atoms with E-state index >= 15 is 0 Å². The molecule has 2 aromatic carbocycles. The fourth-order valence-electron chi connectivity index (χ4n) is 2.87. The van der Waals surface area contributed by atoms with Crippen molar-refractivity contribution in [2.75, 3.05) is 6.54 Å². The Labute approximate surface area is 160 Å². The third-order valence-corrected chi connectivity index (χ3v) is 4.46. The molecule has 4 heteroatoms. The third kappa shape index (κ3) is 5.16. The van der Waals surface area contributed by atoms with Crippen LogP contribution >= 0.6 is 0 Å². The van der Waals surface area contributed by atoms with Crippen molar-refractivity contribution in [3.63, 3.8) is 0 Å². The van der Waals surface area contributed by atoms with Crippen molar-refractivity contribution in [3.05, 3.63) is 88.6 Å². The van der Waals surface area contributed by atoms with E-state index in [1.165, 1.54) is 22.9 Å². The van der Waals surface area contributed by atoms with Crippen LogP contribution in [0.25, 0.3) is 0 Å². The minimum atomic E-state index is 0.491. The molecule has 4 nitrogen and oxygen atoms in total. The number of ether oxygens (including phenoxy) is 1. The van der Waals surface area contributed by atoms with Gasteiger partial charge in [-0.1, -0.05) is 36.4 Å². The Morgan fingerprint density at radius 3 is 2.56 bits per heavy atom. The van der Waals surface area contributed by atoms with Crippen molar-refractivity contribution >= 4 is 0 Å². The summed E-state index contributed by atoms with van der Waals surface area (Å²) in [6.45, 7) is 5.89. The molecule has 0 atom stereocenters. The smallest absolute Gasteiger partial charge is 0.219 e. The molecule has 27 heavy (non-hydrogen) atoms. The Morgan fingerprint density at radius 2 is 1.85 bits per heavy atom. The van der Waals surface area contributed by atoms with E-state index in [1.807, 2.05) is 19.1 Å². The average molecular weight is 357 g/mol. The lowest BCUT2D eigenvalue weighted by Crippen LogP contribution is -2.17. The van der Waals surface area contributed by atoms with E-state index in [4.69, 9.17) is 10.00 Å². The normalized spacial score (nSPS) is 10.4. The van der Waals surface area contributed by atoms with Crippen LogP contribution in [0.3, 0.4) is 0 Å². The summed E-state index contributed by atoms with van der Waals surface area (Å²) < 4.78 is 5.89. The molecule has 136 valence electrons. The molecule has 3 aromatic rings. The number of nitrogens with one attached hydrogen (secondary N) is 1. The third-order valence-electron chi connectivity index (χ3n) is 4.46. The second-order valence-corrected chi connectivity index (χ2v) is 6.56. The van der Waals surface area contributed by atoms with Crippen molar-refractivity contribution in [1.82, 2.24) is 10.3 Å². The summed E-state index contributed by atoms with van der Waals surface area (Å²) in [6, 6.07) is 20.2.